The molecule has 21 heavy (non-hydrogen) atoms. The fraction of sp³-hybridized carbons (Fsp3) is 0.412. The van der Waals surface area contributed by atoms with Crippen molar-refractivity contribution in [2.45, 2.75) is 46.9 Å². The largest absolute Gasteiger partial charge is 0.485 e. The zero-order valence-corrected chi connectivity index (χ0v) is 13.0. The number of rotatable bonds is 6. The van der Waals surface area contributed by atoms with Crippen molar-refractivity contribution in [1.82, 2.24) is 5.32 Å². The van der Waals surface area contributed by atoms with Crippen molar-refractivity contribution in [3.63, 3.8) is 0 Å². The van der Waals surface area contributed by atoms with Crippen LogP contribution < -0.4 is 10.1 Å². The first-order valence-corrected chi connectivity index (χ1v) is 7.16. The molecule has 3 nitrogen and oxygen atoms in total. The van der Waals surface area contributed by atoms with Crippen LogP contribution in [-0.2, 0) is 13.2 Å². The molecule has 114 valence electrons. The Hall–Kier alpha value is -1.81. The summed E-state index contributed by atoms with van der Waals surface area (Å²) in [5.41, 5.74) is 2.00. The molecular formula is C17H22FNO2. The minimum absolute atomic E-state index is 0.298. The third-order valence-corrected chi connectivity index (χ3v) is 3.26. The summed E-state index contributed by atoms with van der Waals surface area (Å²) in [7, 11) is 0. The van der Waals surface area contributed by atoms with Crippen molar-refractivity contribution in [2.24, 2.45) is 0 Å². The summed E-state index contributed by atoms with van der Waals surface area (Å²) >= 11 is 0. The summed E-state index contributed by atoms with van der Waals surface area (Å²) in [6.07, 6.45) is 0. The highest BCUT2D eigenvalue weighted by Gasteiger charge is 2.09. The summed E-state index contributed by atoms with van der Waals surface area (Å²) in [6.45, 7) is 9.08. The SMILES string of the molecule is Cc1ccc(F)cc1OCc1cc(C)c(CNC(C)C)o1. The predicted molar refractivity (Wildman–Crippen MR) is 80.9 cm³/mol. The number of halogens is 1. The van der Waals surface area contributed by atoms with Crippen LogP contribution >= 0.6 is 0 Å². The third-order valence-electron chi connectivity index (χ3n) is 3.26. The lowest BCUT2D eigenvalue weighted by molar-refractivity contribution is 0.262. The monoisotopic (exact) mass is 291 g/mol. The molecule has 0 aliphatic rings. The van der Waals surface area contributed by atoms with E-state index in [0.29, 0.717) is 24.9 Å². The smallest absolute Gasteiger partial charge is 0.146 e. The van der Waals surface area contributed by atoms with Crippen molar-refractivity contribution >= 4 is 0 Å². The number of furan rings is 1. The highest BCUT2D eigenvalue weighted by Crippen LogP contribution is 2.21. The highest BCUT2D eigenvalue weighted by atomic mass is 19.1. The van der Waals surface area contributed by atoms with Crippen molar-refractivity contribution < 1.29 is 13.5 Å². The van der Waals surface area contributed by atoms with E-state index in [2.05, 4.69) is 19.2 Å². The summed E-state index contributed by atoms with van der Waals surface area (Å²) in [5.74, 6) is 1.91. The molecule has 0 atom stereocenters. The van der Waals surface area contributed by atoms with Gasteiger partial charge in [-0.3, -0.25) is 0 Å². The third kappa shape index (κ3) is 4.33. The van der Waals surface area contributed by atoms with Crippen LogP contribution in [0.2, 0.25) is 0 Å². The molecule has 0 amide bonds. The zero-order chi connectivity index (χ0) is 15.4. The second-order valence-corrected chi connectivity index (χ2v) is 5.55. The number of hydrogen-bond donors (Lipinski definition) is 1. The second kappa shape index (κ2) is 6.76. The van der Waals surface area contributed by atoms with E-state index >= 15 is 0 Å². The highest BCUT2D eigenvalue weighted by molar-refractivity contribution is 5.32. The van der Waals surface area contributed by atoms with Crippen LogP contribution in [-0.4, -0.2) is 6.04 Å². The average Bonchev–Trinajstić information content (AvgIpc) is 2.78. The Morgan fingerprint density at radius 2 is 1.95 bits per heavy atom. The van der Waals surface area contributed by atoms with E-state index in [1.54, 1.807) is 6.07 Å². The van der Waals surface area contributed by atoms with Crippen LogP contribution in [0.25, 0.3) is 0 Å². The van der Waals surface area contributed by atoms with Gasteiger partial charge in [0.1, 0.15) is 29.7 Å². The van der Waals surface area contributed by atoms with Crippen LogP contribution in [0.5, 0.6) is 5.75 Å². The maximum absolute atomic E-state index is 13.2. The summed E-state index contributed by atoms with van der Waals surface area (Å²) in [4.78, 5) is 0. The number of hydrogen-bond acceptors (Lipinski definition) is 3. The van der Waals surface area contributed by atoms with Gasteiger partial charge in [-0.15, -0.1) is 0 Å². The van der Waals surface area contributed by atoms with E-state index in [4.69, 9.17) is 9.15 Å². The molecule has 2 aromatic rings. The fourth-order valence-electron chi connectivity index (χ4n) is 2.01. The Morgan fingerprint density at radius 3 is 2.67 bits per heavy atom. The van der Waals surface area contributed by atoms with Crippen molar-refractivity contribution in [3.8, 4) is 5.75 Å². The van der Waals surface area contributed by atoms with Crippen LogP contribution in [0.1, 0.15) is 36.5 Å². The van der Waals surface area contributed by atoms with Gasteiger partial charge >= 0.3 is 0 Å². The summed E-state index contributed by atoms with van der Waals surface area (Å²) in [6, 6.07) is 6.90. The van der Waals surface area contributed by atoms with E-state index in [1.807, 2.05) is 19.9 Å². The normalized spacial score (nSPS) is 11.1. The van der Waals surface area contributed by atoms with Gasteiger partial charge in [0.05, 0.1) is 6.54 Å². The fourth-order valence-corrected chi connectivity index (χ4v) is 2.01. The maximum atomic E-state index is 13.2. The molecule has 0 saturated carbocycles. The minimum atomic E-state index is -0.298. The van der Waals surface area contributed by atoms with Crippen molar-refractivity contribution in [1.29, 1.82) is 0 Å². The number of ether oxygens (including phenoxy) is 1. The number of aryl methyl sites for hydroxylation is 2. The molecule has 0 aliphatic carbocycles. The van der Waals surface area contributed by atoms with Crippen LogP contribution in [0.15, 0.2) is 28.7 Å². The minimum Gasteiger partial charge on any atom is -0.485 e. The van der Waals surface area contributed by atoms with Crippen molar-refractivity contribution in [2.75, 3.05) is 0 Å². The van der Waals surface area contributed by atoms with Gasteiger partial charge < -0.3 is 14.5 Å². The number of benzene rings is 1. The van der Waals surface area contributed by atoms with Crippen LogP contribution in [0.4, 0.5) is 4.39 Å². The topological polar surface area (TPSA) is 34.4 Å². The first-order valence-electron chi connectivity index (χ1n) is 7.16. The first kappa shape index (κ1) is 15.6. The van der Waals surface area contributed by atoms with Crippen LogP contribution in [0.3, 0.4) is 0 Å². The molecular weight excluding hydrogens is 269 g/mol. The quantitative estimate of drug-likeness (QED) is 0.869. The Morgan fingerprint density at radius 1 is 1.19 bits per heavy atom. The zero-order valence-electron chi connectivity index (χ0n) is 13.0. The van der Waals surface area contributed by atoms with Gasteiger partial charge in [-0.1, -0.05) is 19.9 Å². The van der Waals surface area contributed by atoms with Gasteiger partial charge in [-0.25, -0.2) is 4.39 Å². The molecule has 1 aromatic heterocycles. The average molecular weight is 291 g/mol. The van der Waals surface area contributed by atoms with E-state index < -0.39 is 0 Å². The Balaban J connectivity index is 2.00. The second-order valence-electron chi connectivity index (χ2n) is 5.55. The maximum Gasteiger partial charge on any atom is 0.146 e. The van der Waals surface area contributed by atoms with Gasteiger partial charge in [-0.05, 0) is 37.1 Å². The van der Waals surface area contributed by atoms with Gasteiger partial charge in [0.25, 0.3) is 0 Å². The lowest BCUT2D eigenvalue weighted by atomic mass is 10.2. The predicted octanol–water partition coefficient (Wildman–Crippen LogP) is 4.11. The molecule has 0 bridgehead atoms. The Kier molecular flexibility index (Phi) is 5.02. The summed E-state index contributed by atoms with van der Waals surface area (Å²) < 4.78 is 24.6. The van der Waals surface area contributed by atoms with Crippen LogP contribution in [0, 0.1) is 19.7 Å². The van der Waals surface area contributed by atoms with Gasteiger partial charge in [-0.2, -0.15) is 0 Å². The summed E-state index contributed by atoms with van der Waals surface area (Å²) in [5, 5.41) is 3.32. The van der Waals surface area contributed by atoms with Gasteiger partial charge in [0.15, 0.2) is 0 Å². The molecule has 0 aliphatic heterocycles. The Labute approximate surface area is 125 Å². The van der Waals surface area contributed by atoms with Crippen molar-refractivity contribution in [3.05, 3.63) is 52.7 Å². The number of nitrogens with one attached hydrogen (secondary N) is 1. The van der Waals surface area contributed by atoms with E-state index in [1.165, 1.54) is 12.1 Å². The molecule has 0 unspecified atom stereocenters. The first-order chi connectivity index (χ1) is 9.95. The molecule has 0 saturated heterocycles. The molecule has 0 fully saturated rings. The van der Waals surface area contributed by atoms with Gasteiger partial charge in [0.2, 0.25) is 0 Å². The van der Waals surface area contributed by atoms with Gasteiger partial charge in [0, 0.05) is 12.1 Å². The molecule has 0 radical (unpaired) electrons. The lowest BCUT2D eigenvalue weighted by Crippen LogP contribution is -2.21. The molecule has 4 heteroatoms. The van der Waals surface area contributed by atoms with E-state index in [0.717, 1.165) is 22.6 Å². The lowest BCUT2D eigenvalue weighted by Gasteiger charge is -2.08. The molecule has 0 spiro atoms. The Bertz CT molecular complexity index is 605. The standard InChI is InChI=1S/C17H22FNO2/c1-11(2)19-9-17-13(4)7-15(21-17)10-20-16-8-14(18)6-5-12(16)3/h5-8,11,19H,9-10H2,1-4H3. The molecule has 2 rings (SSSR count). The molecule has 1 aromatic carbocycles. The molecule has 1 heterocycles. The van der Waals surface area contributed by atoms with E-state index in [-0.39, 0.29) is 5.82 Å². The van der Waals surface area contributed by atoms with E-state index in [9.17, 15) is 4.39 Å². The molecule has 1 N–H and O–H groups in total.